The topological polar surface area (TPSA) is 41.9 Å². The van der Waals surface area contributed by atoms with Gasteiger partial charge in [0, 0.05) is 36.5 Å². The molecule has 29 heavy (non-hydrogen) atoms. The van der Waals surface area contributed by atoms with Gasteiger partial charge in [0.15, 0.2) is 0 Å². The van der Waals surface area contributed by atoms with E-state index in [9.17, 15) is 0 Å². The number of aromatic nitrogens is 3. The normalized spacial score (nSPS) is 20.9. The summed E-state index contributed by atoms with van der Waals surface area (Å²) in [4.78, 5) is 15.6. The van der Waals surface area contributed by atoms with E-state index in [0.29, 0.717) is 10.8 Å². The highest BCUT2D eigenvalue weighted by Crippen LogP contribution is 2.50. The third kappa shape index (κ3) is 3.67. The molecule has 148 valence electrons. The summed E-state index contributed by atoms with van der Waals surface area (Å²) in [5, 5.41) is 1.98. The van der Waals surface area contributed by atoms with E-state index in [1.54, 1.807) is 6.33 Å². The molecule has 0 unspecified atom stereocenters. The van der Waals surface area contributed by atoms with Crippen LogP contribution in [0, 0.1) is 10.8 Å². The molecule has 0 aromatic carbocycles. The highest BCUT2D eigenvalue weighted by molar-refractivity contribution is 5.58. The Hall–Kier alpha value is -2.67. The van der Waals surface area contributed by atoms with Crippen LogP contribution in [0.25, 0.3) is 11.8 Å². The molecular formula is C25H28N4. The van der Waals surface area contributed by atoms with E-state index in [1.807, 2.05) is 12.4 Å². The van der Waals surface area contributed by atoms with Crippen LogP contribution < -0.4 is 15.5 Å². The number of aryl methyl sites for hydroxylation is 1. The first kappa shape index (κ1) is 18.4. The van der Waals surface area contributed by atoms with E-state index in [4.69, 9.17) is 0 Å². The van der Waals surface area contributed by atoms with Crippen molar-refractivity contribution in [1.82, 2.24) is 15.0 Å². The summed E-state index contributed by atoms with van der Waals surface area (Å²) in [6.45, 7) is 7.07. The van der Waals surface area contributed by atoms with Crippen molar-refractivity contribution in [3.8, 4) is 0 Å². The van der Waals surface area contributed by atoms with E-state index in [0.717, 1.165) is 42.3 Å². The standard InChI is InChI=1S/C25H28N4/c1-24(2)9-11-25(12-10-24)16-29(17-25)23-21-15-20(5-6-22(21)27-18-28-23)4-3-19-7-13-26-14-8-19/h7-8,13-15,18H,3-4,9-12,16-17H2,1-2H3. The summed E-state index contributed by atoms with van der Waals surface area (Å²) in [6, 6.07) is 4.15. The van der Waals surface area contributed by atoms with Gasteiger partial charge in [0.25, 0.3) is 0 Å². The van der Waals surface area contributed by atoms with Crippen molar-refractivity contribution in [2.24, 2.45) is 10.8 Å². The predicted molar refractivity (Wildman–Crippen MR) is 116 cm³/mol. The van der Waals surface area contributed by atoms with E-state index in [-0.39, 0.29) is 0 Å². The summed E-state index contributed by atoms with van der Waals surface area (Å²) in [5.41, 5.74) is 10.0. The highest BCUT2D eigenvalue weighted by atomic mass is 15.3. The lowest BCUT2D eigenvalue weighted by Gasteiger charge is -2.55. The Bertz CT molecular complexity index is 1100. The third-order valence-electron chi connectivity index (χ3n) is 6.97. The molecule has 3 heterocycles. The van der Waals surface area contributed by atoms with Crippen LogP contribution >= 0.6 is 0 Å². The van der Waals surface area contributed by atoms with Crippen molar-refractivity contribution in [2.75, 3.05) is 18.0 Å². The maximum atomic E-state index is 4.67. The molecular weight excluding hydrogens is 356 g/mol. The number of rotatable bonds is 4. The number of nitrogens with zero attached hydrogens (tertiary/aromatic N) is 4. The van der Waals surface area contributed by atoms with E-state index in [1.165, 1.54) is 36.8 Å². The minimum Gasteiger partial charge on any atom is -0.355 e. The van der Waals surface area contributed by atoms with E-state index >= 15 is 0 Å². The van der Waals surface area contributed by atoms with Crippen molar-refractivity contribution >= 4 is 17.6 Å². The van der Waals surface area contributed by atoms with Gasteiger partial charge in [0.1, 0.15) is 17.5 Å². The number of anilines is 1. The number of hydrogen-bond acceptors (Lipinski definition) is 4. The molecule has 3 aliphatic rings. The molecule has 2 aliphatic carbocycles. The molecule has 1 aliphatic heterocycles. The smallest absolute Gasteiger partial charge is 0.140 e. The van der Waals surface area contributed by atoms with Gasteiger partial charge in [-0.05, 0) is 73.4 Å². The zero-order chi connectivity index (χ0) is 19.9. The predicted octanol–water partition coefficient (Wildman–Crippen LogP) is 3.17. The molecule has 4 heteroatoms. The second kappa shape index (κ2) is 6.99. The number of hydrogen-bond donors (Lipinski definition) is 0. The molecule has 2 aromatic rings. The Morgan fingerprint density at radius 2 is 1.72 bits per heavy atom. The van der Waals surface area contributed by atoms with Gasteiger partial charge >= 0.3 is 0 Å². The number of pyridine rings is 1. The SMILES string of the molecule is CC1(C)CCC2(CC1)CN(c1ncnc3c1=CC(CCc1ccncc1)=C=C=3)C2. The van der Waals surface area contributed by atoms with Crippen molar-refractivity contribution in [2.45, 2.75) is 52.4 Å². The Balaban J connectivity index is 1.34. The molecule has 0 N–H and O–H groups in total. The van der Waals surface area contributed by atoms with Gasteiger partial charge in [0.2, 0.25) is 0 Å². The first-order valence-corrected chi connectivity index (χ1v) is 10.7. The van der Waals surface area contributed by atoms with Crippen LogP contribution in [0.15, 0.2) is 42.2 Å². The van der Waals surface area contributed by atoms with Crippen LogP contribution in [0.4, 0.5) is 5.82 Å². The van der Waals surface area contributed by atoms with Crippen LogP contribution in [0.1, 0.15) is 51.5 Å². The van der Waals surface area contributed by atoms with Gasteiger partial charge in [0.05, 0.1) is 5.22 Å². The van der Waals surface area contributed by atoms with Gasteiger partial charge in [-0.1, -0.05) is 19.6 Å². The highest BCUT2D eigenvalue weighted by Gasteiger charge is 2.47. The average molecular weight is 385 g/mol. The minimum absolute atomic E-state index is 0.502. The monoisotopic (exact) mass is 384 g/mol. The largest absolute Gasteiger partial charge is 0.355 e. The molecule has 4 nitrogen and oxygen atoms in total. The zero-order valence-corrected chi connectivity index (χ0v) is 17.4. The Kier molecular flexibility index (Phi) is 4.42. The maximum absolute atomic E-state index is 4.67. The molecule has 2 fully saturated rings. The summed E-state index contributed by atoms with van der Waals surface area (Å²) in [5.74, 6) is 1.07. The first-order valence-electron chi connectivity index (χ1n) is 10.7. The first-order chi connectivity index (χ1) is 14.0. The fourth-order valence-corrected chi connectivity index (χ4v) is 4.87. The van der Waals surface area contributed by atoms with Crippen LogP contribution in [0.2, 0.25) is 0 Å². The van der Waals surface area contributed by atoms with E-state index in [2.05, 4.69) is 63.4 Å². The fraction of sp³-hybridized carbons (Fsp3) is 0.480. The molecule has 1 saturated carbocycles. The summed E-state index contributed by atoms with van der Waals surface area (Å²) in [7, 11) is 0. The molecule has 0 amide bonds. The van der Waals surface area contributed by atoms with Crippen LogP contribution in [-0.2, 0) is 6.42 Å². The fourth-order valence-electron chi connectivity index (χ4n) is 4.87. The van der Waals surface area contributed by atoms with Gasteiger partial charge < -0.3 is 4.90 Å². The van der Waals surface area contributed by atoms with E-state index < -0.39 is 0 Å². The summed E-state index contributed by atoms with van der Waals surface area (Å²) in [6.07, 6.45) is 14.9. The molecule has 0 bridgehead atoms. The summed E-state index contributed by atoms with van der Waals surface area (Å²) >= 11 is 0. The van der Waals surface area contributed by atoms with Crippen LogP contribution in [0.5, 0.6) is 0 Å². The zero-order valence-electron chi connectivity index (χ0n) is 17.4. The molecule has 5 rings (SSSR count). The van der Waals surface area contributed by atoms with Crippen LogP contribution in [-0.4, -0.2) is 28.0 Å². The third-order valence-corrected chi connectivity index (χ3v) is 6.97. The Morgan fingerprint density at radius 1 is 0.966 bits per heavy atom. The second-order valence-corrected chi connectivity index (χ2v) is 9.75. The Labute approximate surface area is 172 Å². The molecule has 1 spiro atoms. The molecule has 0 atom stereocenters. The minimum atomic E-state index is 0.502. The lowest BCUT2D eigenvalue weighted by molar-refractivity contribution is 0.0724. The number of allylic oxidation sites excluding steroid dienone is 1. The molecule has 2 aromatic heterocycles. The van der Waals surface area contributed by atoms with Crippen LogP contribution in [0.3, 0.4) is 0 Å². The Morgan fingerprint density at radius 3 is 2.48 bits per heavy atom. The van der Waals surface area contributed by atoms with Gasteiger partial charge in [-0.15, -0.1) is 0 Å². The lowest BCUT2D eigenvalue weighted by Crippen LogP contribution is -2.60. The maximum Gasteiger partial charge on any atom is 0.140 e. The van der Waals surface area contributed by atoms with Crippen molar-refractivity contribution in [3.05, 3.63) is 58.3 Å². The van der Waals surface area contributed by atoms with Crippen molar-refractivity contribution in [3.63, 3.8) is 0 Å². The number of fused-ring (bicyclic) bond motifs is 1. The lowest BCUT2D eigenvalue weighted by atomic mass is 9.62. The quantitative estimate of drug-likeness (QED) is 0.760. The second-order valence-electron chi connectivity index (χ2n) is 9.75. The van der Waals surface area contributed by atoms with Gasteiger partial charge in [-0.3, -0.25) is 4.98 Å². The summed E-state index contributed by atoms with van der Waals surface area (Å²) < 4.78 is 0. The van der Waals surface area contributed by atoms with Crippen molar-refractivity contribution in [1.29, 1.82) is 0 Å². The molecule has 1 saturated heterocycles. The molecule has 0 radical (unpaired) electrons. The van der Waals surface area contributed by atoms with Crippen molar-refractivity contribution < 1.29 is 0 Å². The van der Waals surface area contributed by atoms with Gasteiger partial charge in [-0.2, -0.15) is 0 Å². The average Bonchev–Trinajstić information content (AvgIpc) is 2.71. The van der Waals surface area contributed by atoms with Gasteiger partial charge in [-0.25, -0.2) is 9.97 Å².